The Labute approximate surface area is 185 Å². The van der Waals surface area contributed by atoms with Crippen molar-refractivity contribution < 1.29 is 19.1 Å². The number of carbonyl (C=O) groups excluding carboxylic acids is 3. The summed E-state index contributed by atoms with van der Waals surface area (Å²) in [6, 6.07) is 11.6. The third kappa shape index (κ3) is 7.93. The van der Waals surface area contributed by atoms with Gasteiger partial charge in [0.05, 0.1) is 10.6 Å². The standard InChI is InChI=1S/C21H23Cl2N3O4/c1-21(2,3)30-20(29)25-12-18(27)24-11-13-4-7-15(8-5-13)26-19(28)16-10-14(22)6-9-17(16)23/h4-10H,11-12H2,1-3H3,(H,24,27)(H,25,29)(H,26,28). The summed E-state index contributed by atoms with van der Waals surface area (Å²) in [5.74, 6) is -0.731. The molecule has 160 valence electrons. The molecule has 3 amide bonds. The van der Waals surface area contributed by atoms with Crippen LogP contribution in [0.15, 0.2) is 42.5 Å². The second-order valence-electron chi connectivity index (χ2n) is 7.41. The van der Waals surface area contributed by atoms with Gasteiger partial charge in [-0.3, -0.25) is 9.59 Å². The van der Waals surface area contributed by atoms with Gasteiger partial charge in [-0.25, -0.2) is 4.79 Å². The summed E-state index contributed by atoms with van der Waals surface area (Å²) in [4.78, 5) is 35.7. The quantitative estimate of drug-likeness (QED) is 0.606. The fraction of sp³-hybridized carbons (Fsp3) is 0.286. The topological polar surface area (TPSA) is 96.5 Å². The van der Waals surface area contributed by atoms with Crippen molar-refractivity contribution in [2.45, 2.75) is 32.9 Å². The van der Waals surface area contributed by atoms with E-state index in [4.69, 9.17) is 27.9 Å². The Bertz CT molecular complexity index is 925. The van der Waals surface area contributed by atoms with Gasteiger partial charge in [0.15, 0.2) is 0 Å². The lowest BCUT2D eigenvalue weighted by Gasteiger charge is -2.19. The third-order valence-electron chi connectivity index (χ3n) is 3.67. The Kier molecular flexibility index (Phi) is 8.08. The van der Waals surface area contributed by atoms with Crippen LogP contribution in [0.3, 0.4) is 0 Å². The molecule has 0 unspecified atom stereocenters. The molecule has 0 saturated carbocycles. The smallest absolute Gasteiger partial charge is 0.408 e. The van der Waals surface area contributed by atoms with Gasteiger partial charge < -0.3 is 20.7 Å². The highest BCUT2D eigenvalue weighted by molar-refractivity contribution is 6.36. The molecule has 0 spiro atoms. The van der Waals surface area contributed by atoms with Crippen LogP contribution in [0, 0.1) is 0 Å². The summed E-state index contributed by atoms with van der Waals surface area (Å²) in [6.07, 6.45) is -0.655. The van der Waals surface area contributed by atoms with Gasteiger partial charge in [-0.1, -0.05) is 35.3 Å². The predicted octanol–water partition coefficient (Wildman–Crippen LogP) is 4.39. The van der Waals surface area contributed by atoms with Crippen LogP contribution in [0.25, 0.3) is 0 Å². The highest BCUT2D eigenvalue weighted by Crippen LogP contribution is 2.22. The lowest BCUT2D eigenvalue weighted by Crippen LogP contribution is -2.39. The normalized spacial score (nSPS) is 10.8. The number of anilines is 1. The van der Waals surface area contributed by atoms with E-state index in [0.717, 1.165) is 5.56 Å². The Balaban J connectivity index is 1.82. The molecule has 0 aliphatic carbocycles. The summed E-state index contributed by atoms with van der Waals surface area (Å²) < 4.78 is 5.06. The van der Waals surface area contributed by atoms with Crippen LogP contribution in [-0.2, 0) is 16.1 Å². The molecule has 0 bridgehead atoms. The van der Waals surface area contributed by atoms with E-state index >= 15 is 0 Å². The second-order valence-corrected chi connectivity index (χ2v) is 8.25. The maximum absolute atomic E-state index is 12.3. The average molecular weight is 452 g/mol. The number of hydrogen-bond donors (Lipinski definition) is 3. The van der Waals surface area contributed by atoms with E-state index in [9.17, 15) is 14.4 Å². The zero-order chi connectivity index (χ0) is 22.3. The Morgan fingerprint density at radius 1 is 0.967 bits per heavy atom. The maximum Gasteiger partial charge on any atom is 0.408 e. The first-order valence-electron chi connectivity index (χ1n) is 9.12. The third-order valence-corrected chi connectivity index (χ3v) is 4.23. The van der Waals surface area contributed by atoms with Crippen molar-refractivity contribution in [2.75, 3.05) is 11.9 Å². The number of carbonyl (C=O) groups is 3. The molecule has 9 heteroatoms. The largest absolute Gasteiger partial charge is 0.444 e. The van der Waals surface area contributed by atoms with Gasteiger partial charge in [0, 0.05) is 17.3 Å². The van der Waals surface area contributed by atoms with E-state index in [-0.39, 0.29) is 30.5 Å². The van der Waals surface area contributed by atoms with Crippen LogP contribution in [0.2, 0.25) is 10.0 Å². The molecule has 2 aromatic rings. The summed E-state index contributed by atoms with van der Waals surface area (Å²) in [5.41, 5.74) is 1.03. The minimum atomic E-state index is -0.655. The van der Waals surface area contributed by atoms with Crippen LogP contribution < -0.4 is 16.0 Å². The summed E-state index contributed by atoms with van der Waals surface area (Å²) in [5, 5.41) is 8.53. The number of ether oxygens (including phenoxy) is 1. The molecule has 7 nitrogen and oxygen atoms in total. The molecule has 0 aromatic heterocycles. The number of amides is 3. The summed E-state index contributed by atoms with van der Waals surface area (Å²) >= 11 is 11.9. The van der Waals surface area contributed by atoms with Crippen molar-refractivity contribution in [3.05, 3.63) is 63.6 Å². The van der Waals surface area contributed by atoms with Crippen LogP contribution >= 0.6 is 23.2 Å². The van der Waals surface area contributed by atoms with Gasteiger partial charge in [-0.15, -0.1) is 0 Å². The van der Waals surface area contributed by atoms with E-state index in [0.29, 0.717) is 15.7 Å². The molecular formula is C21H23Cl2N3O4. The number of alkyl carbamates (subject to hydrolysis) is 1. The fourth-order valence-corrected chi connectivity index (χ4v) is 2.68. The maximum atomic E-state index is 12.3. The number of nitrogens with one attached hydrogen (secondary N) is 3. The predicted molar refractivity (Wildman–Crippen MR) is 117 cm³/mol. The monoisotopic (exact) mass is 451 g/mol. The summed E-state index contributed by atoms with van der Waals surface area (Å²) in [6.45, 7) is 5.29. The average Bonchev–Trinajstić information content (AvgIpc) is 2.66. The number of benzene rings is 2. The SMILES string of the molecule is CC(C)(C)OC(=O)NCC(=O)NCc1ccc(NC(=O)c2cc(Cl)ccc2Cl)cc1. The minimum absolute atomic E-state index is 0.191. The molecule has 0 heterocycles. The lowest BCUT2D eigenvalue weighted by molar-refractivity contribution is -0.120. The molecular weight excluding hydrogens is 429 g/mol. The highest BCUT2D eigenvalue weighted by Gasteiger charge is 2.16. The van der Waals surface area contributed by atoms with Crippen molar-refractivity contribution in [3.63, 3.8) is 0 Å². The lowest BCUT2D eigenvalue weighted by atomic mass is 10.1. The Morgan fingerprint density at radius 3 is 2.27 bits per heavy atom. The second kappa shape index (κ2) is 10.3. The highest BCUT2D eigenvalue weighted by atomic mass is 35.5. The Morgan fingerprint density at radius 2 is 1.63 bits per heavy atom. The van der Waals surface area contributed by atoms with E-state index in [2.05, 4.69) is 16.0 Å². The van der Waals surface area contributed by atoms with Crippen molar-refractivity contribution in [3.8, 4) is 0 Å². The first-order valence-corrected chi connectivity index (χ1v) is 9.88. The molecule has 0 atom stereocenters. The zero-order valence-electron chi connectivity index (χ0n) is 16.8. The van der Waals surface area contributed by atoms with Gasteiger partial charge in [-0.05, 0) is 56.7 Å². The van der Waals surface area contributed by atoms with Crippen molar-refractivity contribution >= 4 is 46.8 Å². The molecule has 2 rings (SSSR count). The van der Waals surface area contributed by atoms with Crippen LogP contribution in [0.5, 0.6) is 0 Å². The molecule has 2 aromatic carbocycles. The Hall–Kier alpha value is -2.77. The van der Waals surface area contributed by atoms with Crippen LogP contribution in [0.4, 0.5) is 10.5 Å². The van der Waals surface area contributed by atoms with Gasteiger partial charge in [-0.2, -0.15) is 0 Å². The van der Waals surface area contributed by atoms with Gasteiger partial charge in [0.2, 0.25) is 5.91 Å². The molecule has 0 saturated heterocycles. The van der Waals surface area contributed by atoms with E-state index in [1.165, 1.54) is 6.07 Å². The van der Waals surface area contributed by atoms with E-state index in [1.54, 1.807) is 57.2 Å². The number of halogens is 2. The molecule has 0 aliphatic heterocycles. The first kappa shape index (κ1) is 23.5. The number of hydrogen-bond acceptors (Lipinski definition) is 4. The minimum Gasteiger partial charge on any atom is -0.444 e. The van der Waals surface area contributed by atoms with Gasteiger partial charge in [0.25, 0.3) is 5.91 Å². The van der Waals surface area contributed by atoms with E-state index in [1.807, 2.05) is 0 Å². The number of rotatable bonds is 6. The summed E-state index contributed by atoms with van der Waals surface area (Å²) in [7, 11) is 0. The van der Waals surface area contributed by atoms with Crippen molar-refractivity contribution in [2.24, 2.45) is 0 Å². The zero-order valence-corrected chi connectivity index (χ0v) is 18.4. The fourth-order valence-electron chi connectivity index (χ4n) is 2.31. The van der Waals surface area contributed by atoms with Gasteiger partial charge in [0.1, 0.15) is 12.1 Å². The van der Waals surface area contributed by atoms with Crippen LogP contribution in [-0.4, -0.2) is 30.1 Å². The molecule has 0 aliphatic rings. The van der Waals surface area contributed by atoms with Crippen molar-refractivity contribution in [1.29, 1.82) is 0 Å². The van der Waals surface area contributed by atoms with Crippen LogP contribution in [0.1, 0.15) is 36.7 Å². The molecule has 0 radical (unpaired) electrons. The molecule has 3 N–H and O–H groups in total. The molecule has 30 heavy (non-hydrogen) atoms. The van der Waals surface area contributed by atoms with E-state index < -0.39 is 11.7 Å². The molecule has 0 fully saturated rings. The first-order chi connectivity index (χ1) is 14.0. The van der Waals surface area contributed by atoms with Crippen molar-refractivity contribution in [1.82, 2.24) is 10.6 Å². The van der Waals surface area contributed by atoms with Gasteiger partial charge >= 0.3 is 6.09 Å².